The minimum absolute atomic E-state index is 0.0311. The van der Waals surface area contributed by atoms with Gasteiger partial charge in [-0.15, -0.1) is 0 Å². The summed E-state index contributed by atoms with van der Waals surface area (Å²) in [4.78, 5) is 16.0. The molecule has 0 N–H and O–H groups in total. The number of hydrogen-bond acceptors (Lipinski definition) is 3. The third kappa shape index (κ3) is 1.92. The van der Waals surface area contributed by atoms with Crippen LogP contribution in [-0.4, -0.2) is 17.4 Å². The molecule has 1 aromatic heterocycles. The summed E-state index contributed by atoms with van der Waals surface area (Å²) < 4.78 is 5.59. The lowest BCUT2D eigenvalue weighted by molar-refractivity contribution is 0.0494. The van der Waals surface area contributed by atoms with Gasteiger partial charge in [0.1, 0.15) is 12.7 Å². The van der Waals surface area contributed by atoms with Gasteiger partial charge in [-0.3, -0.25) is 9.78 Å². The van der Waals surface area contributed by atoms with Crippen LogP contribution >= 0.6 is 11.6 Å². The number of hydrogen-bond donors (Lipinski definition) is 0. The Kier molecular flexibility index (Phi) is 2.86. The summed E-state index contributed by atoms with van der Waals surface area (Å²) in [5.41, 5.74) is 2.21. The maximum atomic E-state index is 11.7. The summed E-state index contributed by atoms with van der Waals surface area (Å²) in [6.45, 7) is 0.0792. The SMILES string of the molecule is O=C1COC(c2cccc(Cl)c2)c2ncccc21. The first-order chi connectivity index (χ1) is 8.75. The number of pyridine rings is 1. The Hall–Kier alpha value is -1.71. The second kappa shape index (κ2) is 4.52. The quantitative estimate of drug-likeness (QED) is 0.790. The molecule has 1 aromatic carbocycles. The third-order valence-corrected chi connectivity index (χ3v) is 3.15. The van der Waals surface area contributed by atoms with E-state index in [2.05, 4.69) is 4.98 Å². The van der Waals surface area contributed by atoms with Gasteiger partial charge in [-0.05, 0) is 29.8 Å². The molecule has 2 heterocycles. The van der Waals surface area contributed by atoms with E-state index in [-0.39, 0.29) is 18.5 Å². The summed E-state index contributed by atoms with van der Waals surface area (Å²) in [5, 5.41) is 0.644. The molecule has 3 nitrogen and oxygen atoms in total. The second-order valence-corrected chi connectivity index (χ2v) is 4.54. The molecule has 3 rings (SSSR count). The first-order valence-corrected chi connectivity index (χ1v) is 5.98. The number of nitrogens with zero attached hydrogens (tertiary/aromatic N) is 1. The molecule has 1 aliphatic heterocycles. The van der Waals surface area contributed by atoms with Crippen LogP contribution in [0, 0.1) is 0 Å². The highest BCUT2D eigenvalue weighted by atomic mass is 35.5. The van der Waals surface area contributed by atoms with Gasteiger partial charge >= 0.3 is 0 Å². The smallest absolute Gasteiger partial charge is 0.190 e. The largest absolute Gasteiger partial charge is 0.359 e. The molecule has 4 heteroatoms. The molecule has 0 saturated carbocycles. The summed E-state index contributed by atoms with van der Waals surface area (Å²) in [7, 11) is 0. The predicted molar refractivity (Wildman–Crippen MR) is 67.8 cm³/mol. The Morgan fingerprint density at radius 1 is 1.28 bits per heavy atom. The van der Waals surface area contributed by atoms with Gasteiger partial charge < -0.3 is 4.74 Å². The zero-order valence-electron chi connectivity index (χ0n) is 9.47. The van der Waals surface area contributed by atoms with Crippen molar-refractivity contribution in [2.75, 3.05) is 6.61 Å². The van der Waals surface area contributed by atoms with Crippen molar-refractivity contribution >= 4 is 17.4 Å². The summed E-state index contributed by atoms with van der Waals surface area (Å²) >= 11 is 5.98. The molecule has 90 valence electrons. The van der Waals surface area contributed by atoms with Crippen molar-refractivity contribution in [3.8, 4) is 0 Å². The Bertz CT molecular complexity index is 612. The van der Waals surface area contributed by atoms with E-state index in [4.69, 9.17) is 16.3 Å². The van der Waals surface area contributed by atoms with Gasteiger partial charge in [0.05, 0.1) is 5.69 Å². The Morgan fingerprint density at radius 3 is 3.00 bits per heavy atom. The van der Waals surface area contributed by atoms with Crippen molar-refractivity contribution in [3.05, 3.63) is 64.4 Å². The lowest BCUT2D eigenvalue weighted by atomic mass is 9.97. The van der Waals surface area contributed by atoms with Crippen LogP contribution in [-0.2, 0) is 4.74 Å². The zero-order chi connectivity index (χ0) is 12.5. The fourth-order valence-corrected chi connectivity index (χ4v) is 2.30. The molecule has 0 saturated heterocycles. The molecule has 1 aliphatic rings. The van der Waals surface area contributed by atoms with Crippen molar-refractivity contribution in [1.29, 1.82) is 0 Å². The average Bonchev–Trinajstić information content (AvgIpc) is 2.39. The van der Waals surface area contributed by atoms with Gasteiger partial charge in [0.15, 0.2) is 5.78 Å². The van der Waals surface area contributed by atoms with E-state index in [1.54, 1.807) is 24.4 Å². The van der Waals surface area contributed by atoms with Crippen LogP contribution in [0.15, 0.2) is 42.6 Å². The van der Waals surface area contributed by atoms with E-state index < -0.39 is 0 Å². The van der Waals surface area contributed by atoms with E-state index in [0.29, 0.717) is 16.3 Å². The van der Waals surface area contributed by atoms with Crippen LogP contribution in [0.1, 0.15) is 27.7 Å². The van der Waals surface area contributed by atoms with Crippen molar-refractivity contribution in [3.63, 3.8) is 0 Å². The molecule has 0 aliphatic carbocycles. The number of ether oxygens (including phenoxy) is 1. The number of carbonyl (C=O) groups excluding carboxylic acids is 1. The third-order valence-electron chi connectivity index (χ3n) is 2.92. The fraction of sp³-hybridized carbons (Fsp3) is 0.143. The summed E-state index contributed by atoms with van der Waals surface area (Å²) in [5.74, 6) is -0.0311. The molecule has 0 spiro atoms. The molecule has 1 atom stereocenters. The zero-order valence-corrected chi connectivity index (χ0v) is 10.2. The Balaban J connectivity index is 2.10. The minimum Gasteiger partial charge on any atom is -0.359 e. The number of aromatic nitrogens is 1. The maximum Gasteiger partial charge on any atom is 0.190 e. The molecular weight excluding hydrogens is 250 g/mol. The van der Waals surface area contributed by atoms with Gasteiger partial charge in [-0.25, -0.2) is 0 Å². The highest BCUT2D eigenvalue weighted by Crippen LogP contribution is 2.31. The molecule has 0 amide bonds. The highest BCUT2D eigenvalue weighted by molar-refractivity contribution is 6.30. The first kappa shape index (κ1) is 11.4. The van der Waals surface area contributed by atoms with Crippen LogP contribution in [0.25, 0.3) is 0 Å². The average molecular weight is 260 g/mol. The van der Waals surface area contributed by atoms with Crippen molar-refractivity contribution in [2.24, 2.45) is 0 Å². The van der Waals surface area contributed by atoms with E-state index in [9.17, 15) is 4.79 Å². The molecule has 0 bridgehead atoms. The molecular formula is C14H10ClNO2. The van der Waals surface area contributed by atoms with Gasteiger partial charge in [-0.1, -0.05) is 23.7 Å². The van der Waals surface area contributed by atoms with E-state index >= 15 is 0 Å². The number of ketones is 1. The van der Waals surface area contributed by atoms with Crippen molar-refractivity contribution in [1.82, 2.24) is 4.98 Å². The van der Waals surface area contributed by atoms with Gasteiger partial charge in [0.2, 0.25) is 0 Å². The number of rotatable bonds is 1. The van der Waals surface area contributed by atoms with Crippen LogP contribution in [0.5, 0.6) is 0 Å². The number of benzene rings is 1. The molecule has 0 fully saturated rings. The number of carbonyl (C=O) groups is 1. The van der Waals surface area contributed by atoms with Crippen LogP contribution < -0.4 is 0 Å². The highest BCUT2D eigenvalue weighted by Gasteiger charge is 2.28. The summed E-state index contributed by atoms with van der Waals surface area (Å²) in [6, 6.07) is 11.0. The minimum atomic E-state index is -0.322. The summed E-state index contributed by atoms with van der Waals surface area (Å²) in [6.07, 6.45) is 1.34. The van der Waals surface area contributed by atoms with Crippen molar-refractivity contribution in [2.45, 2.75) is 6.10 Å². The Morgan fingerprint density at radius 2 is 2.17 bits per heavy atom. The molecule has 1 unspecified atom stereocenters. The normalized spacial score (nSPS) is 18.5. The number of Topliss-reactive ketones (excluding diaryl/α,β-unsaturated/α-hetero) is 1. The lowest BCUT2D eigenvalue weighted by Crippen LogP contribution is -2.24. The lowest BCUT2D eigenvalue weighted by Gasteiger charge is -2.24. The Labute approximate surface area is 109 Å². The molecule has 2 aromatic rings. The van der Waals surface area contributed by atoms with Crippen LogP contribution in [0.4, 0.5) is 0 Å². The molecule has 0 radical (unpaired) electrons. The number of fused-ring (bicyclic) bond motifs is 1. The number of halogens is 1. The van der Waals surface area contributed by atoms with E-state index in [1.165, 1.54) is 0 Å². The van der Waals surface area contributed by atoms with Crippen LogP contribution in [0.2, 0.25) is 5.02 Å². The van der Waals surface area contributed by atoms with Crippen LogP contribution in [0.3, 0.4) is 0 Å². The monoisotopic (exact) mass is 259 g/mol. The topological polar surface area (TPSA) is 39.2 Å². The van der Waals surface area contributed by atoms with E-state index in [1.807, 2.05) is 18.2 Å². The first-order valence-electron chi connectivity index (χ1n) is 5.61. The van der Waals surface area contributed by atoms with E-state index in [0.717, 1.165) is 5.56 Å². The second-order valence-electron chi connectivity index (χ2n) is 4.11. The standard InChI is InChI=1S/C14H10ClNO2/c15-10-4-1-3-9(7-10)14-13-11(5-2-6-16-13)12(17)8-18-14/h1-7,14H,8H2. The van der Waals surface area contributed by atoms with Crippen molar-refractivity contribution < 1.29 is 9.53 Å². The van der Waals surface area contributed by atoms with Gasteiger partial charge in [0.25, 0.3) is 0 Å². The van der Waals surface area contributed by atoms with Gasteiger partial charge in [-0.2, -0.15) is 0 Å². The maximum absolute atomic E-state index is 11.7. The fourth-order valence-electron chi connectivity index (χ4n) is 2.10. The van der Waals surface area contributed by atoms with Gasteiger partial charge in [0, 0.05) is 16.8 Å². The predicted octanol–water partition coefficient (Wildman–Crippen LogP) is 3.04. The molecule has 18 heavy (non-hydrogen) atoms.